The number of imide groups is 1. The van der Waals surface area contributed by atoms with Crippen molar-refractivity contribution < 1.29 is 14.4 Å². The molecule has 0 aliphatic carbocycles. The molecule has 2 aromatic carbocycles. The fourth-order valence-electron chi connectivity index (χ4n) is 2.97. The van der Waals surface area contributed by atoms with Gasteiger partial charge in [-0.1, -0.05) is 49.4 Å². The molecule has 0 spiro atoms. The van der Waals surface area contributed by atoms with E-state index in [9.17, 15) is 14.4 Å². The summed E-state index contributed by atoms with van der Waals surface area (Å²) in [5, 5.41) is 2.38. The molecular weight excluding hydrogens is 372 g/mol. The van der Waals surface area contributed by atoms with Gasteiger partial charge in [-0.25, -0.2) is 0 Å². The van der Waals surface area contributed by atoms with Crippen LogP contribution in [0, 0.1) is 13.8 Å². The first-order valence-electron chi connectivity index (χ1n) is 9.09. The van der Waals surface area contributed by atoms with Crippen LogP contribution in [0.4, 0.5) is 10.5 Å². The number of rotatable bonds is 5. The van der Waals surface area contributed by atoms with Crippen molar-refractivity contribution in [2.24, 2.45) is 0 Å². The molecular formula is C22H22N2O3S. The molecule has 3 amide bonds. The molecule has 144 valence electrons. The maximum atomic E-state index is 12.6. The zero-order chi connectivity index (χ0) is 20.3. The number of anilines is 1. The molecule has 0 bridgehead atoms. The summed E-state index contributed by atoms with van der Waals surface area (Å²) in [6.45, 7) is 5.57. The van der Waals surface area contributed by atoms with Crippen molar-refractivity contribution >= 4 is 40.6 Å². The minimum absolute atomic E-state index is 0.301. The zero-order valence-electron chi connectivity index (χ0n) is 16.1. The molecule has 1 fully saturated rings. The van der Waals surface area contributed by atoms with Crippen LogP contribution in [0.2, 0.25) is 0 Å². The molecule has 1 aliphatic rings. The molecule has 2 aromatic rings. The maximum absolute atomic E-state index is 12.6. The van der Waals surface area contributed by atoms with Crippen LogP contribution in [-0.2, 0) is 16.0 Å². The van der Waals surface area contributed by atoms with E-state index in [0.29, 0.717) is 10.6 Å². The Morgan fingerprint density at radius 1 is 1.07 bits per heavy atom. The lowest BCUT2D eigenvalue weighted by Gasteiger charge is -2.15. The van der Waals surface area contributed by atoms with Crippen LogP contribution in [0.5, 0.6) is 0 Å². The van der Waals surface area contributed by atoms with Gasteiger partial charge in [-0.05, 0) is 60.4 Å². The minimum atomic E-state index is -0.439. The van der Waals surface area contributed by atoms with E-state index in [-0.39, 0.29) is 6.54 Å². The molecule has 28 heavy (non-hydrogen) atoms. The summed E-state index contributed by atoms with van der Waals surface area (Å²) in [4.78, 5) is 38.6. The summed E-state index contributed by atoms with van der Waals surface area (Å²) < 4.78 is 0. The Labute approximate surface area is 168 Å². The lowest BCUT2D eigenvalue weighted by atomic mass is 10.1. The predicted octanol–water partition coefficient (Wildman–Crippen LogP) is 4.54. The van der Waals surface area contributed by atoms with E-state index >= 15 is 0 Å². The molecule has 0 atom stereocenters. The quantitative estimate of drug-likeness (QED) is 0.756. The van der Waals surface area contributed by atoms with Crippen molar-refractivity contribution in [2.45, 2.75) is 27.2 Å². The Hall–Kier alpha value is -2.86. The van der Waals surface area contributed by atoms with Gasteiger partial charge in [-0.15, -0.1) is 0 Å². The first kappa shape index (κ1) is 19.9. The van der Waals surface area contributed by atoms with Gasteiger partial charge in [0.05, 0.1) is 4.91 Å². The third-order valence-corrected chi connectivity index (χ3v) is 5.51. The van der Waals surface area contributed by atoms with Gasteiger partial charge in [-0.2, -0.15) is 0 Å². The number of carbonyl (C=O) groups excluding carboxylic acids is 3. The van der Waals surface area contributed by atoms with E-state index in [1.807, 2.05) is 56.3 Å². The number of amides is 3. The van der Waals surface area contributed by atoms with Crippen molar-refractivity contribution in [3.05, 3.63) is 69.6 Å². The first-order chi connectivity index (χ1) is 13.4. The Bertz CT molecular complexity index is 944. The standard InChI is InChI=1S/C22H22N2O3S/c1-4-16-8-10-17(11-9-16)12-18-21(26)24(22(27)28-18)13-19(25)23-20-14(2)6-5-7-15(20)3/h5-12H,4,13H2,1-3H3,(H,23,25)/b18-12-. The van der Waals surface area contributed by atoms with Crippen molar-refractivity contribution in [3.63, 3.8) is 0 Å². The summed E-state index contributed by atoms with van der Waals surface area (Å²) >= 11 is 0.860. The number of benzene rings is 2. The highest BCUT2D eigenvalue weighted by molar-refractivity contribution is 8.18. The number of hydrogen-bond donors (Lipinski definition) is 1. The van der Waals surface area contributed by atoms with Gasteiger partial charge >= 0.3 is 0 Å². The lowest BCUT2D eigenvalue weighted by Crippen LogP contribution is -2.36. The molecule has 5 nitrogen and oxygen atoms in total. The number of para-hydroxylation sites is 1. The van der Waals surface area contributed by atoms with Crippen LogP contribution < -0.4 is 5.32 Å². The molecule has 0 saturated carbocycles. The largest absolute Gasteiger partial charge is 0.324 e. The molecule has 0 radical (unpaired) electrons. The van der Waals surface area contributed by atoms with Crippen molar-refractivity contribution in [1.82, 2.24) is 4.90 Å². The van der Waals surface area contributed by atoms with Gasteiger partial charge in [0.25, 0.3) is 11.1 Å². The minimum Gasteiger partial charge on any atom is -0.324 e. The summed E-state index contributed by atoms with van der Waals surface area (Å²) in [5.41, 5.74) is 4.62. The highest BCUT2D eigenvalue weighted by Crippen LogP contribution is 2.32. The third-order valence-electron chi connectivity index (χ3n) is 4.61. The van der Waals surface area contributed by atoms with E-state index in [4.69, 9.17) is 0 Å². The Balaban J connectivity index is 1.71. The number of thioether (sulfide) groups is 1. The predicted molar refractivity (Wildman–Crippen MR) is 113 cm³/mol. The normalized spacial score (nSPS) is 15.4. The fraction of sp³-hybridized carbons (Fsp3) is 0.227. The second-order valence-electron chi connectivity index (χ2n) is 6.68. The number of carbonyl (C=O) groups is 3. The van der Waals surface area contributed by atoms with Crippen LogP contribution >= 0.6 is 11.8 Å². The lowest BCUT2D eigenvalue weighted by molar-refractivity contribution is -0.127. The van der Waals surface area contributed by atoms with Gasteiger partial charge in [-0.3, -0.25) is 19.3 Å². The van der Waals surface area contributed by atoms with Gasteiger partial charge in [0, 0.05) is 5.69 Å². The van der Waals surface area contributed by atoms with Crippen molar-refractivity contribution in [1.29, 1.82) is 0 Å². The molecule has 0 unspecified atom stereocenters. The Morgan fingerprint density at radius 3 is 2.32 bits per heavy atom. The van der Waals surface area contributed by atoms with Gasteiger partial charge in [0.1, 0.15) is 6.54 Å². The SMILES string of the molecule is CCc1ccc(/C=C2\SC(=O)N(CC(=O)Nc3c(C)cccc3C)C2=O)cc1. The van der Waals surface area contributed by atoms with Gasteiger partial charge < -0.3 is 5.32 Å². The Morgan fingerprint density at radius 2 is 1.71 bits per heavy atom. The average Bonchev–Trinajstić information content (AvgIpc) is 2.93. The second-order valence-corrected chi connectivity index (χ2v) is 7.67. The van der Waals surface area contributed by atoms with E-state index in [1.54, 1.807) is 6.08 Å². The molecule has 1 N–H and O–H groups in total. The van der Waals surface area contributed by atoms with Crippen LogP contribution in [0.1, 0.15) is 29.2 Å². The number of aryl methyl sites for hydroxylation is 3. The van der Waals surface area contributed by atoms with Crippen LogP contribution in [0.25, 0.3) is 6.08 Å². The van der Waals surface area contributed by atoms with E-state index in [1.165, 1.54) is 5.56 Å². The number of nitrogens with one attached hydrogen (secondary N) is 1. The molecule has 1 saturated heterocycles. The van der Waals surface area contributed by atoms with Crippen molar-refractivity contribution in [3.8, 4) is 0 Å². The van der Waals surface area contributed by atoms with Crippen LogP contribution in [0.15, 0.2) is 47.4 Å². The van der Waals surface area contributed by atoms with E-state index in [2.05, 4.69) is 12.2 Å². The van der Waals surface area contributed by atoms with Gasteiger partial charge in [0.2, 0.25) is 5.91 Å². The van der Waals surface area contributed by atoms with Crippen LogP contribution in [-0.4, -0.2) is 28.5 Å². The molecule has 0 aromatic heterocycles. The number of hydrogen-bond acceptors (Lipinski definition) is 4. The molecule has 3 rings (SSSR count). The van der Waals surface area contributed by atoms with Gasteiger partial charge in [0.15, 0.2) is 0 Å². The topological polar surface area (TPSA) is 66.5 Å². The summed E-state index contributed by atoms with van der Waals surface area (Å²) in [6.07, 6.45) is 2.63. The van der Waals surface area contributed by atoms with Crippen LogP contribution in [0.3, 0.4) is 0 Å². The third kappa shape index (κ3) is 4.34. The highest BCUT2D eigenvalue weighted by atomic mass is 32.2. The monoisotopic (exact) mass is 394 g/mol. The summed E-state index contributed by atoms with van der Waals surface area (Å²) in [6, 6.07) is 13.5. The average molecular weight is 394 g/mol. The summed E-state index contributed by atoms with van der Waals surface area (Å²) in [5.74, 6) is -0.834. The van der Waals surface area contributed by atoms with E-state index in [0.717, 1.165) is 39.8 Å². The second kappa shape index (κ2) is 8.44. The number of nitrogens with zero attached hydrogens (tertiary/aromatic N) is 1. The zero-order valence-corrected chi connectivity index (χ0v) is 16.9. The van der Waals surface area contributed by atoms with Crippen molar-refractivity contribution in [2.75, 3.05) is 11.9 Å². The fourth-order valence-corrected chi connectivity index (χ4v) is 3.81. The molecule has 1 heterocycles. The highest BCUT2D eigenvalue weighted by Gasteiger charge is 2.36. The smallest absolute Gasteiger partial charge is 0.294 e. The van der Waals surface area contributed by atoms with E-state index < -0.39 is 17.1 Å². The molecule has 6 heteroatoms. The maximum Gasteiger partial charge on any atom is 0.294 e. The Kier molecular flexibility index (Phi) is 5.99. The first-order valence-corrected chi connectivity index (χ1v) is 9.91. The summed E-state index contributed by atoms with van der Waals surface area (Å²) in [7, 11) is 0. The molecule has 1 aliphatic heterocycles.